The molecular formula is C16H13F2N3O2S. The molecule has 0 aliphatic carbocycles. The first-order valence-electron chi connectivity index (χ1n) is 7.03. The van der Waals surface area contributed by atoms with E-state index < -0.39 is 23.2 Å². The van der Waals surface area contributed by atoms with Crippen LogP contribution in [0.15, 0.2) is 23.0 Å². The van der Waals surface area contributed by atoms with E-state index >= 15 is 0 Å². The largest absolute Gasteiger partial charge is 0.316 e. The van der Waals surface area contributed by atoms with Crippen molar-refractivity contribution in [2.45, 2.75) is 13.8 Å². The third-order valence-corrected chi connectivity index (χ3v) is 4.99. The first-order chi connectivity index (χ1) is 11.3. The summed E-state index contributed by atoms with van der Waals surface area (Å²) in [6.07, 6.45) is 0. The average molecular weight is 349 g/mol. The van der Waals surface area contributed by atoms with Gasteiger partial charge in [-0.15, -0.1) is 11.3 Å². The van der Waals surface area contributed by atoms with Crippen LogP contribution >= 0.6 is 11.3 Å². The van der Waals surface area contributed by atoms with Gasteiger partial charge < -0.3 is 5.32 Å². The molecule has 1 aromatic carbocycles. The molecule has 0 radical (unpaired) electrons. The number of carbonyl (C=O) groups excluding carboxylic acids is 1. The van der Waals surface area contributed by atoms with Crippen molar-refractivity contribution < 1.29 is 13.6 Å². The number of nitrogens with zero attached hydrogens (tertiary/aromatic N) is 2. The number of fused-ring (bicyclic) bond motifs is 1. The Morgan fingerprint density at radius 2 is 1.88 bits per heavy atom. The van der Waals surface area contributed by atoms with Gasteiger partial charge in [0.2, 0.25) is 0 Å². The minimum Gasteiger partial charge on any atom is -0.316 e. The lowest BCUT2D eigenvalue weighted by atomic mass is 10.2. The SMILES string of the molecule is Cc1c(C(=O)Nc2c(F)cccc2F)sc2nc(C)n(C)c(=O)c12. The van der Waals surface area contributed by atoms with Crippen molar-refractivity contribution >= 4 is 33.1 Å². The summed E-state index contributed by atoms with van der Waals surface area (Å²) in [6.45, 7) is 3.30. The first kappa shape index (κ1) is 16.3. The van der Waals surface area contributed by atoms with Gasteiger partial charge in [-0.3, -0.25) is 14.2 Å². The molecule has 0 fully saturated rings. The van der Waals surface area contributed by atoms with E-state index in [0.29, 0.717) is 21.6 Å². The summed E-state index contributed by atoms with van der Waals surface area (Å²) >= 11 is 1.02. The number of thiophene rings is 1. The molecule has 0 spiro atoms. The molecule has 24 heavy (non-hydrogen) atoms. The molecule has 0 atom stereocenters. The van der Waals surface area contributed by atoms with E-state index in [2.05, 4.69) is 10.3 Å². The van der Waals surface area contributed by atoms with Crippen LogP contribution in [0, 0.1) is 25.5 Å². The van der Waals surface area contributed by atoms with Crippen molar-refractivity contribution in [3.8, 4) is 0 Å². The van der Waals surface area contributed by atoms with Gasteiger partial charge in [0.25, 0.3) is 11.5 Å². The highest BCUT2D eigenvalue weighted by Crippen LogP contribution is 2.28. The lowest BCUT2D eigenvalue weighted by molar-refractivity contribution is 0.102. The second-order valence-electron chi connectivity index (χ2n) is 5.31. The molecule has 0 unspecified atom stereocenters. The number of hydrogen-bond acceptors (Lipinski definition) is 4. The summed E-state index contributed by atoms with van der Waals surface area (Å²) in [5, 5.41) is 2.57. The molecular weight excluding hydrogens is 336 g/mol. The van der Waals surface area contributed by atoms with E-state index in [9.17, 15) is 18.4 Å². The lowest BCUT2D eigenvalue weighted by Gasteiger charge is -2.06. The molecule has 3 rings (SSSR count). The zero-order chi connectivity index (χ0) is 17.6. The number of aryl methyl sites for hydroxylation is 2. The summed E-state index contributed by atoms with van der Waals surface area (Å²) in [5.74, 6) is -1.90. The normalized spacial score (nSPS) is 11.0. The Balaban J connectivity index is 2.10. The zero-order valence-electron chi connectivity index (χ0n) is 13.1. The highest BCUT2D eigenvalue weighted by molar-refractivity contribution is 7.20. The molecule has 0 aliphatic rings. The molecule has 124 valence electrons. The Morgan fingerprint density at radius 1 is 1.25 bits per heavy atom. The number of hydrogen-bond donors (Lipinski definition) is 1. The molecule has 1 amide bonds. The average Bonchev–Trinajstić information content (AvgIpc) is 2.85. The molecule has 2 heterocycles. The van der Waals surface area contributed by atoms with Crippen LogP contribution < -0.4 is 10.9 Å². The number of rotatable bonds is 2. The van der Waals surface area contributed by atoms with Crippen LogP contribution in [-0.4, -0.2) is 15.5 Å². The minimum atomic E-state index is -0.869. The monoisotopic (exact) mass is 349 g/mol. The third-order valence-electron chi connectivity index (χ3n) is 3.80. The Hall–Kier alpha value is -2.61. The van der Waals surface area contributed by atoms with Crippen molar-refractivity contribution in [2.24, 2.45) is 7.05 Å². The predicted octanol–water partition coefficient (Wildman–Crippen LogP) is 3.14. The van der Waals surface area contributed by atoms with E-state index in [1.165, 1.54) is 10.6 Å². The molecule has 2 aromatic heterocycles. The summed E-state index contributed by atoms with van der Waals surface area (Å²) in [4.78, 5) is 29.7. The minimum absolute atomic E-state index is 0.197. The number of aromatic nitrogens is 2. The second kappa shape index (κ2) is 5.79. The quantitative estimate of drug-likeness (QED) is 0.773. The van der Waals surface area contributed by atoms with E-state index in [4.69, 9.17) is 0 Å². The van der Waals surface area contributed by atoms with Gasteiger partial charge in [0.05, 0.1) is 10.3 Å². The van der Waals surface area contributed by atoms with E-state index in [-0.39, 0.29) is 10.4 Å². The highest BCUT2D eigenvalue weighted by atomic mass is 32.1. The number of benzene rings is 1. The number of nitrogens with one attached hydrogen (secondary N) is 1. The van der Waals surface area contributed by atoms with E-state index in [1.54, 1.807) is 20.9 Å². The molecule has 0 bridgehead atoms. The van der Waals surface area contributed by atoms with Gasteiger partial charge in [0, 0.05) is 7.05 Å². The van der Waals surface area contributed by atoms with Crippen molar-refractivity contribution in [1.29, 1.82) is 0 Å². The number of carbonyl (C=O) groups is 1. The Kier molecular flexibility index (Phi) is 3.92. The lowest BCUT2D eigenvalue weighted by Crippen LogP contribution is -2.20. The summed E-state index contributed by atoms with van der Waals surface area (Å²) in [5.41, 5.74) is -0.337. The Labute approximate surface area is 139 Å². The number of para-hydroxylation sites is 1. The summed E-state index contributed by atoms with van der Waals surface area (Å²) in [7, 11) is 1.59. The van der Waals surface area contributed by atoms with Crippen LogP contribution in [0.4, 0.5) is 14.5 Å². The maximum absolute atomic E-state index is 13.7. The van der Waals surface area contributed by atoms with Gasteiger partial charge in [-0.1, -0.05) is 6.07 Å². The van der Waals surface area contributed by atoms with Crippen LogP contribution in [-0.2, 0) is 7.05 Å². The van der Waals surface area contributed by atoms with Crippen LogP contribution in [0.1, 0.15) is 21.1 Å². The molecule has 5 nitrogen and oxygen atoms in total. The summed E-state index contributed by atoms with van der Waals surface area (Å²) in [6, 6.07) is 3.32. The van der Waals surface area contributed by atoms with E-state index in [1.807, 2.05) is 0 Å². The fourth-order valence-electron chi connectivity index (χ4n) is 2.37. The number of halogens is 2. The van der Waals surface area contributed by atoms with Gasteiger partial charge >= 0.3 is 0 Å². The number of anilines is 1. The van der Waals surface area contributed by atoms with Gasteiger partial charge in [0.15, 0.2) is 0 Å². The number of amides is 1. The second-order valence-corrected chi connectivity index (χ2v) is 6.31. The van der Waals surface area contributed by atoms with Crippen molar-refractivity contribution in [2.75, 3.05) is 5.32 Å². The predicted molar refractivity (Wildman–Crippen MR) is 88.6 cm³/mol. The van der Waals surface area contributed by atoms with Gasteiger partial charge in [-0.25, -0.2) is 13.8 Å². The molecule has 3 aromatic rings. The van der Waals surface area contributed by atoms with Gasteiger partial charge in [0.1, 0.15) is 28.0 Å². The summed E-state index contributed by atoms with van der Waals surface area (Å²) < 4.78 is 28.8. The fourth-order valence-corrected chi connectivity index (χ4v) is 3.48. The van der Waals surface area contributed by atoms with Crippen LogP contribution in [0.25, 0.3) is 10.2 Å². The van der Waals surface area contributed by atoms with Crippen molar-refractivity contribution in [3.05, 3.63) is 56.5 Å². The fraction of sp³-hybridized carbons (Fsp3) is 0.188. The highest BCUT2D eigenvalue weighted by Gasteiger charge is 2.21. The molecule has 1 N–H and O–H groups in total. The zero-order valence-corrected chi connectivity index (χ0v) is 13.9. The maximum Gasteiger partial charge on any atom is 0.266 e. The third kappa shape index (κ3) is 2.48. The molecule has 8 heteroatoms. The molecule has 0 saturated carbocycles. The van der Waals surface area contributed by atoms with Gasteiger partial charge in [-0.05, 0) is 31.5 Å². The smallest absolute Gasteiger partial charge is 0.266 e. The van der Waals surface area contributed by atoms with Crippen LogP contribution in [0.2, 0.25) is 0 Å². The van der Waals surface area contributed by atoms with Crippen LogP contribution in [0.5, 0.6) is 0 Å². The van der Waals surface area contributed by atoms with Gasteiger partial charge in [-0.2, -0.15) is 0 Å². The Morgan fingerprint density at radius 3 is 2.50 bits per heavy atom. The van der Waals surface area contributed by atoms with Crippen LogP contribution in [0.3, 0.4) is 0 Å². The van der Waals surface area contributed by atoms with Crippen molar-refractivity contribution in [3.63, 3.8) is 0 Å². The standard InChI is InChI=1S/C16H13F2N3O2S/c1-7-11-15(19-8(2)21(3)16(11)23)24-13(7)14(22)20-12-9(17)5-4-6-10(12)18/h4-6H,1-3H3,(H,20,22). The molecule has 0 aliphatic heterocycles. The Bertz CT molecular complexity index is 1020. The van der Waals surface area contributed by atoms with Crippen molar-refractivity contribution in [1.82, 2.24) is 9.55 Å². The topological polar surface area (TPSA) is 64.0 Å². The molecule has 0 saturated heterocycles. The van der Waals surface area contributed by atoms with E-state index in [0.717, 1.165) is 23.5 Å². The maximum atomic E-state index is 13.7. The first-order valence-corrected chi connectivity index (χ1v) is 7.85.